The van der Waals surface area contributed by atoms with Gasteiger partial charge in [-0.2, -0.15) is 10.4 Å². The maximum absolute atomic E-state index is 10.4. The summed E-state index contributed by atoms with van der Waals surface area (Å²) in [5, 5.41) is 60.0. The van der Waals surface area contributed by atoms with E-state index >= 15 is 0 Å². The van der Waals surface area contributed by atoms with Gasteiger partial charge in [-0.15, -0.1) is 0 Å². The average Bonchev–Trinajstić information content (AvgIpc) is 3.35. The van der Waals surface area contributed by atoms with E-state index in [9.17, 15) is 25.5 Å². The van der Waals surface area contributed by atoms with E-state index in [2.05, 4.69) is 20.1 Å². The molecule has 11 nitrogen and oxygen atoms in total. The van der Waals surface area contributed by atoms with Crippen LogP contribution in [0.3, 0.4) is 0 Å². The van der Waals surface area contributed by atoms with Crippen molar-refractivity contribution in [3.8, 4) is 17.3 Å². The molecule has 0 spiro atoms. The minimum Gasteiger partial charge on any atom is -0.394 e. The maximum Gasteiger partial charge on any atom is 0.238 e. The number of fused-ring (bicyclic) bond motifs is 1. The topological polar surface area (TPSA) is 184 Å². The predicted molar refractivity (Wildman–Crippen MR) is 109 cm³/mol. The molecule has 2 unspecified atom stereocenters. The third kappa shape index (κ3) is 3.26. The third-order valence-electron chi connectivity index (χ3n) is 5.39. The number of nitriles is 1. The second kappa shape index (κ2) is 7.47. The van der Waals surface area contributed by atoms with Crippen LogP contribution in [-0.2, 0) is 6.54 Å². The lowest BCUT2D eigenvalue weighted by Gasteiger charge is -2.40. The summed E-state index contributed by atoms with van der Waals surface area (Å²) in [5.74, 6) is -8.68. The van der Waals surface area contributed by atoms with Crippen LogP contribution >= 0.6 is 0 Å². The van der Waals surface area contributed by atoms with Crippen LogP contribution in [0.5, 0.6) is 0 Å². The Kier molecular flexibility index (Phi) is 5.54. The lowest BCUT2D eigenvalue weighted by Crippen LogP contribution is -2.64. The molecule has 0 aromatic carbocycles. The van der Waals surface area contributed by atoms with Crippen LogP contribution in [0.4, 0.5) is 0 Å². The normalized spacial score (nSPS) is 25.5. The number of aromatic amines is 1. The molecule has 3 aromatic heterocycles. The van der Waals surface area contributed by atoms with Gasteiger partial charge in [-0.3, -0.25) is 4.68 Å². The molecule has 6 N–H and O–H groups in total. The Morgan fingerprint density at radius 2 is 1.81 bits per heavy atom. The highest BCUT2D eigenvalue weighted by Gasteiger charge is 2.76. The summed E-state index contributed by atoms with van der Waals surface area (Å²) in [6.45, 7) is 1.08. The van der Waals surface area contributed by atoms with Crippen molar-refractivity contribution >= 4 is 34.6 Å². The Morgan fingerprint density at radius 3 is 2.39 bits per heavy atom. The molecule has 0 bridgehead atoms. The van der Waals surface area contributed by atoms with Gasteiger partial charge in [-0.1, -0.05) is 0 Å². The molecule has 14 heteroatoms. The van der Waals surface area contributed by atoms with Crippen molar-refractivity contribution in [2.75, 3.05) is 0 Å². The van der Waals surface area contributed by atoms with Crippen LogP contribution in [0.15, 0.2) is 31.0 Å². The summed E-state index contributed by atoms with van der Waals surface area (Å²) >= 11 is 0. The monoisotopic (exact) mass is 418 g/mol. The molecular formula is C17H17B3N6O5. The fraction of sp³-hybridized carbons (Fsp3) is 0.412. The SMILES string of the molecule is CC#N.[B]C1([B])C(Cn2cc(-c3ncnc4[nH]ccc34)cn2)C([B])(O)C(O)(O)C1(O)O. The van der Waals surface area contributed by atoms with Gasteiger partial charge in [0.05, 0.1) is 39.2 Å². The van der Waals surface area contributed by atoms with Crippen LogP contribution in [0.1, 0.15) is 6.92 Å². The molecule has 3 heterocycles. The molecule has 4 rings (SSSR count). The Balaban J connectivity index is 0.000000858. The molecular weight excluding hydrogens is 401 g/mol. The number of aliphatic hydroxyl groups is 5. The van der Waals surface area contributed by atoms with Crippen LogP contribution < -0.4 is 0 Å². The molecule has 0 aliphatic heterocycles. The van der Waals surface area contributed by atoms with E-state index in [1.807, 2.05) is 0 Å². The van der Waals surface area contributed by atoms with Crippen molar-refractivity contribution in [1.82, 2.24) is 24.7 Å². The van der Waals surface area contributed by atoms with E-state index in [1.54, 1.807) is 18.3 Å². The number of H-pyrrole nitrogens is 1. The molecule has 6 radical (unpaired) electrons. The summed E-state index contributed by atoms with van der Waals surface area (Å²) < 4.78 is 1.27. The zero-order valence-electron chi connectivity index (χ0n) is 16.4. The van der Waals surface area contributed by atoms with E-state index in [0.717, 1.165) is 5.39 Å². The summed E-state index contributed by atoms with van der Waals surface area (Å²) in [4.78, 5) is 11.3. The van der Waals surface area contributed by atoms with Crippen molar-refractivity contribution in [3.05, 3.63) is 31.0 Å². The first-order valence-corrected chi connectivity index (χ1v) is 8.93. The molecule has 1 aliphatic rings. The lowest BCUT2D eigenvalue weighted by molar-refractivity contribution is -0.370. The highest BCUT2D eigenvalue weighted by molar-refractivity contribution is 6.42. The smallest absolute Gasteiger partial charge is 0.238 e. The fourth-order valence-corrected chi connectivity index (χ4v) is 3.60. The molecule has 1 aliphatic carbocycles. The van der Waals surface area contributed by atoms with E-state index in [-0.39, 0.29) is 6.54 Å². The van der Waals surface area contributed by atoms with Gasteiger partial charge < -0.3 is 30.5 Å². The van der Waals surface area contributed by atoms with Crippen LogP contribution in [0.25, 0.3) is 22.3 Å². The van der Waals surface area contributed by atoms with E-state index in [4.69, 9.17) is 28.8 Å². The van der Waals surface area contributed by atoms with Gasteiger partial charge in [-0.05, 0) is 17.2 Å². The highest BCUT2D eigenvalue weighted by Crippen LogP contribution is 2.59. The Morgan fingerprint density at radius 1 is 1.16 bits per heavy atom. The minimum absolute atomic E-state index is 0.354. The third-order valence-corrected chi connectivity index (χ3v) is 5.39. The second-order valence-electron chi connectivity index (χ2n) is 7.29. The first-order chi connectivity index (χ1) is 14.3. The molecule has 154 valence electrons. The zero-order chi connectivity index (χ0) is 23.2. The quantitative estimate of drug-likeness (QED) is 0.200. The number of rotatable bonds is 3. The van der Waals surface area contributed by atoms with Crippen molar-refractivity contribution in [2.45, 2.75) is 35.8 Å². The zero-order valence-corrected chi connectivity index (χ0v) is 16.4. The van der Waals surface area contributed by atoms with Gasteiger partial charge in [-0.25, -0.2) is 9.97 Å². The standard InChI is InChI=1S/C15H14B3N5O5.C2H3N/c16-12(17)9(13(18,24)15(27,28)14(12,25)26)5-23-4-7(3-22-23)10-8-1-2-19-11(8)21-6-20-10;1-2-3/h1-4,6,9,24-28H,5H2,(H,19,20,21);1H3. The van der Waals surface area contributed by atoms with Gasteiger partial charge >= 0.3 is 0 Å². The summed E-state index contributed by atoms with van der Waals surface area (Å²) in [6, 6.07) is 3.54. The Bertz CT molecular complexity index is 1110. The van der Waals surface area contributed by atoms with E-state index < -0.39 is 28.2 Å². The van der Waals surface area contributed by atoms with E-state index in [1.165, 1.54) is 30.3 Å². The molecule has 2 atom stereocenters. The van der Waals surface area contributed by atoms with Crippen molar-refractivity contribution in [3.63, 3.8) is 0 Å². The molecule has 1 fully saturated rings. The highest BCUT2D eigenvalue weighted by atomic mass is 16.6. The first kappa shape index (κ1) is 23.0. The summed E-state index contributed by atoms with van der Waals surface area (Å²) in [5.41, 5.74) is -1.15. The van der Waals surface area contributed by atoms with Gasteiger partial charge in [0.1, 0.15) is 19.8 Å². The van der Waals surface area contributed by atoms with E-state index in [0.29, 0.717) is 16.9 Å². The van der Waals surface area contributed by atoms with Crippen molar-refractivity contribution < 1.29 is 25.5 Å². The van der Waals surface area contributed by atoms with Crippen LogP contribution in [0, 0.1) is 17.2 Å². The largest absolute Gasteiger partial charge is 0.394 e. The second-order valence-corrected chi connectivity index (χ2v) is 7.29. The lowest BCUT2D eigenvalue weighted by atomic mass is 9.45. The summed E-state index contributed by atoms with van der Waals surface area (Å²) in [7, 11) is 17.0. The number of aromatic nitrogens is 5. The van der Waals surface area contributed by atoms with Crippen molar-refractivity contribution in [1.29, 1.82) is 5.26 Å². The van der Waals surface area contributed by atoms with Gasteiger partial charge in [0, 0.05) is 36.8 Å². The Hall–Kier alpha value is -2.69. The predicted octanol–water partition coefficient (Wildman–Crippen LogP) is -2.35. The molecule has 3 aromatic rings. The number of nitrogens with one attached hydrogen (secondary N) is 1. The number of hydrogen-bond acceptors (Lipinski definition) is 9. The number of nitrogens with zero attached hydrogens (tertiary/aromatic N) is 5. The van der Waals surface area contributed by atoms with Gasteiger partial charge in [0.15, 0.2) is 0 Å². The molecule has 31 heavy (non-hydrogen) atoms. The van der Waals surface area contributed by atoms with Crippen molar-refractivity contribution in [2.24, 2.45) is 5.92 Å². The maximum atomic E-state index is 10.4. The van der Waals surface area contributed by atoms with Crippen LogP contribution in [0.2, 0.25) is 5.21 Å². The minimum atomic E-state index is -3.59. The average molecular weight is 418 g/mol. The summed E-state index contributed by atoms with van der Waals surface area (Å²) in [6.07, 6.45) is 6.10. The van der Waals surface area contributed by atoms with Gasteiger partial charge in [0.2, 0.25) is 11.6 Å². The Labute approximate surface area is 180 Å². The fourth-order valence-electron chi connectivity index (χ4n) is 3.60. The first-order valence-electron chi connectivity index (χ1n) is 8.93. The molecule has 1 saturated carbocycles. The van der Waals surface area contributed by atoms with Gasteiger partial charge in [0.25, 0.3) is 0 Å². The molecule has 0 amide bonds. The number of hydrogen-bond donors (Lipinski definition) is 6. The van der Waals surface area contributed by atoms with Crippen LogP contribution in [-0.4, -0.2) is 90.9 Å². The molecule has 0 saturated heterocycles.